The average molecular weight is 494 g/mol. The quantitative estimate of drug-likeness (QED) is 0.288. The third kappa shape index (κ3) is 6.03. The summed E-state index contributed by atoms with van der Waals surface area (Å²) in [4.78, 5) is 2.40. The zero-order valence-corrected chi connectivity index (χ0v) is 20.9. The molecule has 172 valence electrons. The fourth-order valence-corrected chi connectivity index (χ4v) is 6.01. The van der Waals surface area contributed by atoms with Gasteiger partial charge in [0, 0.05) is 13.1 Å². The van der Waals surface area contributed by atoms with E-state index in [0.717, 1.165) is 48.8 Å². The largest absolute Gasteiger partial charge is 0.304 e. The number of unbranched alkanes of at least 4 members (excludes halogenated alkanes) is 1. The summed E-state index contributed by atoms with van der Waals surface area (Å²) in [7, 11) is -3.81. The van der Waals surface area contributed by atoms with Gasteiger partial charge in [-0.05, 0) is 67.0 Å². The van der Waals surface area contributed by atoms with Crippen LogP contribution in [0.5, 0.6) is 0 Å². The first kappa shape index (κ1) is 25.0. The molecule has 0 aliphatic rings. The summed E-state index contributed by atoms with van der Waals surface area (Å²) >= 11 is 12.4. The summed E-state index contributed by atoms with van der Waals surface area (Å²) < 4.78 is 28.7. The molecule has 3 aromatic rings. The van der Waals surface area contributed by atoms with Crippen molar-refractivity contribution >= 4 is 44.0 Å². The maximum absolute atomic E-state index is 13.6. The van der Waals surface area contributed by atoms with Crippen LogP contribution in [0.4, 0.5) is 0 Å². The Bertz CT molecular complexity index is 1150. The summed E-state index contributed by atoms with van der Waals surface area (Å²) in [5.41, 5.74) is 0.939. The van der Waals surface area contributed by atoms with Crippen molar-refractivity contribution in [2.75, 3.05) is 26.2 Å². The summed E-state index contributed by atoms with van der Waals surface area (Å²) in [5, 5.41) is 2.52. The van der Waals surface area contributed by atoms with Crippen LogP contribution in [0.15, 0.2) is 65.6 Å². The first-order valence-electron chi connectivity index (χ1n) is 11.0. The van der Waals surface area contributed by atoms with Crippen LogP contribution in [0.1, 0.15) is 32.3 Å². The predicted octanol–water partition coefficient (Wildman–Crippen LogP) is 6.46. The van der Waals surface area contributed by atoms with E-state index >= 15 is 0 Å². The molecule has 0 saturated heterocycles. The lowest BCUT2D eigenvalue weighted by atomic mass is 10.1. The second-order valence-corrected chi connectivity index (χ2v) is 10.5. The molecule has 0 aliphatic carbocycles. The highest BCUT2D eigenvalue weighted by Crippen LogP contribution is 2.32. The number of sulfonamides is 1. The highest BCUT2D eigenvalue weighted by molar-refractivity contribution is 7.89. The van der Waals surface area contributed by atoms with E-state index in [1.807, 2.05) is 42.5 Å². The number of halogens is 2. The van der Waals surface area contributed by atoms with Crippen LogP contribution in [0, 0.1) is 0 Å². The molecule has 0 fully saturated rings. The van der Waals surface area contributed by atoms with Crippen molar-refractivity contribution in [1.29, 1.82) is 0 Å². The van der Waals surface area contributed by atoms with Crippen molar-refractivity contribution < 1.29 is 8.42 Å². The lowest BCUT2D eigenvalue weighted by Gasteiger charge is -2.24. The third-order valence-electron chi connectivity index (χ3n) is 5.73. The fraction of sp³-hybridized carbons (Fsp3) is 0.360. The molecule has 32 heavy (non-hydrogen) atoms. The second-order valence-electron chi connectivity index (χ2n) is 7.81. The standard InChI is InChI=1S/C25H30Cl2N2O2S/c1-3-28(4-2)16-7-8-17-29(32(30,31)24-13-9-12-23(26)25(24)27)19-20-14-15-21-10-5-6-11-22(21)18-20/h5-6,9-15,18H,3-4,7-8,16-17,19H2,1-2H3. The van der Waals surface area contributed by atoms with Gasteiger partial charge in [-0.15, -0.1) is 0 Å². The Labute approximate surface area is 201 Å². The molecular formula is C25H30Cl2N2O2S. The first-order chi connectivity index (χ1) is 15.4. The van der Waals surface area contributed by atoms with Crippen LogP contribution in [-0.2, 0) is 16.6 Å². The van der Waals surface area contributed by atoms with E-state index in [0.29, 0.717) is 6.54 Å². The molecule has 0 amide bonds. The number of hydrogen-bond donors (Lipinski definition) is 0. The van der Waals surface area contributed by atoms with Crippen LogP contribution in [-0.4, -0.2) is 43.8 Å². The molecule has 4 nitrogen and oxygen atoms in total. The molecule has 3 rings (SSSR count). The normalized spacial score (nSPS) is 12.2. The minimum Gasteiger partial charge on any atom is -0.304 e. The Kier molecular flexibility index (Phi) is 8.97. The zero-order chi connectivity index (χ0) is 23.1. The van der Waals surface area contributed by atoms with Gasteiger partial charge >= 0.3 is 0 Å². The SMILES string of the molecule is CCN(CC)CCCCN(Cc1ccc2ccccc2c1)S(=O)(=O)c1cccc(Cl)c1Cl. The highest BCUT2D eigenvalue weighted by Gasteiger charge is 2.27. The van der Waals surface area contributed by atoms with E-state index in [1.54, 1.807) is 12.1 Å². The van der Waals surface area contributed by atoms with Crippen molar-refractivity contribution in [2.45, 2.75) is 38.1 Å². The first-order valence-corrected chi connectivity index (χ1v) is 13.2. The van der Waals surface area contributed by atoms with E-state index in [1.165, 1.54) is 10.4 Å². The van der Waals surface area contributed by atoms with Crippen molar-refractivity contribution in [1.82, 2.24) is 9.21 Å². The molecule has 0 atom stereocenters. The molecule has 0 aromatic heterocycles. The van der Waals surface area contributed by atoms with Crippen molar-refractivity contribution in [3.63, 3.8) is 0 Å². The Balaban J connectivity index is 1.86. The predicted molar refractivity (Wildman–Crippen MR) is 135 cm³/mol. The molecule has 0 heterocycles. The van der Waals surface area contributed by atoms with Gasteiger partial charge in [0.25, 0.3) is 0 Å². The van der Waals surface area contributed by atoms with E-state index in [4.69, 9.17) is 23.2 Å². The lowest BCUT2D eigenvalue weighted by molar-refractivity contribution is 0.289. The molecule has 0 spiro atoms. The van der Waals surface area contributed by atoms with Crippen LogP contribution < -0.4 is 0 Å². The van der Waals surface area contributed by atoms with Gasteiger partial charge < -0.3 is 4.90 Å². The molecule has 0 radical (unpaired) electrons. The van der Waals surface area contributed by atoms with Crippen LogP contribution >= 0.6 is 23.2 Å². The Morgan fingerprint density at radius 3 is 2.22 bits per heavy atom. The average Bonchev–Trinajstić information content (AvgIpc) is 2.79. The third-order valence-corrected chi connectivity index (χ3v) is 8.55. The number of nitrogens with zero attached hydrogens (tertiary/aromatic N) is 2. The molecule has 0 saturated carbocycles. The van der Waals surface area contributed by atoms with Gasteiger partial charge in [-0.25, -0.2) is 8.42 Å². The number of benzene rings is 3. The molecule has 0 bridgehead atoms. The van der Waals surface area contributed by atoms with Gasteiger partial charge in [0.15, 0.2) is 0 Å². The Morgan fingerprint density at radius 1 is 0.812 bits per heavy atom. The van der Waals surface area contributed by atoms with Crippen LogP contribution in [0.2, 0.25) is 10.0 Å². The summed E-state index contributed by atoms with van der Waals surface area (Å²) in [5.74, 6) is 0. The second kappa shape index (κ2) is 11.5. The fourth-order valence-electron chi connectivity index (χ4n) is 3.81. The summed E-state index contributed by atoms with van der Waals surface area (Å²) in [6.45, 7) is 7.92. The van der Waals surface area contributed by atoms with Gasteiger partial charge in [0.05, 0.1) is 10.0 Å². The summed E-state index contributed by atoms with van der Waals surface area (Å²) in [6, 6.07) is 18.9. The van der Waals surface area contributed by atoms with Crippen LogP contribution in [0.25, 0.3) is 10.8 Å². The molecular weight excluding hydrogens is 463 g/mol. The van der Waals surface area contributed by atoms with Gasteiger partial charge in [0.2, 0.25) is 10.0 Å². The van der Waals surface area contributed by atoms with Gasteiger partial charge in [-0.2, -0.15) is 4.31 Å². The smallest absolute Gasteiger partial charge is 0.244 e. The lowest BCUT2D eigenvalue weighted by Crippen LogP contribution is -2.32. The van der Waals surface area contributed by atoms with Gasteiger partial charge in [-0.1, -0.05) is 79.5 Å². The molecule has 0 N–H and O–H groups in total. The van der Waals surface area contributed by atoms with Gasteiger partial charge in [0.1, 0.15) is 4.90 Å². The van der Waals surface area contributed by atoms with Crippen molar-refractivity contribution in [3.8, 4) is 0 Å². The minimum atomic E-state index is -3.81. The van der Waals surface area contributed by atoms with E-state index < -0.39 is 10.0 Å². The molecule has 7 heteroatoms. The number of rotatable bonds is 11. The monoisotopic (exact) mass is 492 g/mol. The van der Waals surface area contributed by atoms with E-state index in [2.05, 4.69) is 18.7 Å². The minimum absolute atomic E-state index is 0.0520. The highest BCUT2D eigenvalue weighted by atomic mass is 35.5. The number of fused-ring (bicyclic) bond motifs is 1. The zero-order valence-electron chi connectivity index (χ0n) is 18.6. The Hall–Kier alpha value is -1.63. The van der Waals surface area contributed by atoms with Gasteiger partial charge in [-0.3, -0.25) is 0 Å². The van der Waals surface area contributed by atoms with Crippen molar-refractivity contribution in [3.05, 3.63) is 76.3 Å². The van der Waals surface area contributed by atoms with Crippen molar-refractivity contribution in [2.24, 2.45) is 0 Å². The van der Waals surface area contributed by atoms with E-state index in [-0.39, 0.29) is 21.5 Å². The van der Waals surface area contributed by atoms with Crippen LogP contribution in [0.3, 0.4) is 0 Å². The molecule has 0 aliphatic heterocycles. The number of hydrogen-bond acceptors (Lipinski definition) is 3. The summed E-state index contributed by atoms with van der Waals surface area (Å²) in [6.07, 6.45) is 1.69. The molecule has 3 aromatic carbocycles. The molecule has 0 unspecified atom stereocenters. The topological polar surface area (TPSA) is 40.6 Å². The Morgan fingerprint density at radius 2 is 1.50 bits per heavy atom. The van der Waals surface area contributed by atoms with E-state index in [9.17, 15) is 8.42 Å². The maximum atomic E-state index is 13.6. The maximum Gasteiger partial charge on any atom is 0.244 e.